The second-order valence-electron chi connectivity index (χ2n) is 4.52. The van der Waals surface area contributed by atoms with E-state index in [1.54, 1.807) is 38.1 Å². The molecule has 0 saturated heterocycles. The van der Waals surface area contributed by atoms with E-state index in [0.29, 0.717) is 28.2 Å². The molecule has 1 N–H and O–H groups in total. The number of nitrogens with zero attached hydrogens (tertiary/aromatic N) is 2. The number of furan rings is 1. The van der Waals surface area contributed by atoms with E-state index in [2.05, 4.69) is 10.3 Å². The van der Waals surface area contributed by atoms with Crippen molar-refractivity contribution >= 4 is 22.6 Å². The molecule has 1 aromatic carbocycles. The van der Waals surface area contributed by atoms with Crippen molar-refractivity contribution in [1.29, 1.82) is 5.26 Å². The fourth-order valence-electron chi connectivity index (χ4n) is 2.16. The second-order valence-corrected chi connectivity index (χ2v) is 4.52. The Morgan fingerprint density at radius 1 is 1.29 bits per heavy atom. The molecule has 2 aromatic heterocycles. The van der Waals surface area contributed by atoms with Gasteiger partial charge in [0.25, 0.3) is 5.91 Å². The summed E-state index contributed by atoms with van der Waals surface area (Å²) in [5.41, 5.74) is 1.37. The highest BCUT2D eigenvalue weighted by Crippen LogP contribution is 2.30. The zero-order chi connectivity index (χ0) is 15.0. The van der Waals surface area contributed by atoms with Gasteiger partial charge >= 0.3 is 0 Å². The van der Waals surface area contributed by atoms with Crippen LogP contribution in [0.4, 0.5) is 5.69 Å². The molecule has 6 heteroatoms. The van der Waals surface area contributed by atoms with Crippen LogP contribution in [0.3, 0.4) is 0 Å². The number of benzene rings is 1. The SMILES string of the molecule is Cc1nc(C)c(C(=O)Nc2c(C#N)oc3ccccc23)o1. The molecule has 21 heavy (non-hydrogen) atoms. The lowest BCUT2D eigenvalue weighted by atomic mass is 10.2. The van der Waals surface area contributed by atoms with Crippen LogP contribution in [0.1, 0.15) is 27.9 Å². The molecule has 0 aliphatic heterocycles. The number of aromatic nitrogens is 1. The fourth-order valence-corrected chi connectivity index (χ4v) is 2.16. The highest BCUT2D eigenvalue weighted by molar-refractivity contribution is 6.08. The van der Waals surface area contributed by atoms with E-state index in [1.807, 2.05) is 6.07 Å². The van der Waals surface area contributed by atoms with Crippen LogP contribution in [0.5, 0.6) is 0 Å². The molecule has 0 saturated carbocycles. The Morgan fingerprint density at radius 3 is 2.71 bits per heavy atom. The molecular weight excluding hydrogens is 270 g/mol. The van der Waals surface area contributed by atoms with Gasteiger partial charge in [0.2, 0.25) is 11.5 Å². The molecule has 0 radical (unpaired) electrons. The zero-order valence-electron chi connectivity index (χ0n) is 11.4. The maximum absolute atomic E-state index is 12.3. The number of para-hydroxylation sites is 1. The van der Waals surface area contributed by atoms with Crippen molar-refractivity contribution in [2.75, 3.05) is 5.32 Å². The molecule has 1 amide bonds. The minimum absolute atomic E-state index is 0.0541. The Labute approximate surface area is 120 Å². The Morgan fingerprint density at radius 2 is 2.05 bits per heavy atom. The molecule has 0 spiro atoms. The maximum Gasteiger partial charge on any atom is 0.293 e. The van der Waals surface area contributed by atoms with Gasteiger partial charge in [-0.2, -0.15) is 5.26 Å². The van der Waals surface area contributed by atoms with Crippen LogP contribution in [-0.4, -0.2) is 10.9 Å². The van der Waals surface area contributed by atoms with Crippen molar-refractivity contribution in [3.8, 4) is 6.07 Å². The summed E-state index contributed by atoms with van der Waals surface area (Å²) in [5, 5.41) is 12.5. The number of carbonyl (C=O) groups excluding carboxylic acids is 1. The summed E-state index contributed by atoms with van der Waals surface area (Å²) in [6.45, 7) is 3.35. The van der Waals surface area contributed by atoms with Crippen molar-refractivity contribution in [2.24, 2.45) is 0 Å². The summed E-state index contributed by atoms with van der Waals surface area (Å²) < 4.78 is 10.7. The zero-order valence-corrected chi connectivity index (χ0v) is 11.4. The first-order chi connectivity index (χ1) is 10.1. The summed E-state index contributed by atoms with van der Waals surface area (Å²) in [6.07, 6.45) is 0. The topological polar surface area (TPSA) is 92.1 Å². The third kappa shape index (κ3) is 2.15. The maximum atomic E-state index is 12.3. The van der Waals surface area contributed by atoms with E-state index in [0.717, 1.165) is 0 Å². The lowest BCUT2D eigenvalue weighted by Crippen LogP contribution is -2.12. The first-order valence-corrected chi connectivity index (χ1v) is 6.27. The van der Waals surface area contributed by atoms with Gasteiger partial charge in [-0.15, -0.1) is 0 Å². The minimum Gasteiger partial charge on any atom is -0.443 e. The number of rotatable bonds is 2. The van der Waals surface area contributed by atoms with Gasteiger partial charge in [-0.3, -0.25) is 4.79 Å². The number of hydrogen-bond acceptors (Lipinski definition) is 5. The molecule has 0 aliphatic rings. The third-order valence-corrected chi connectivity index (χ3v) is 3.05. The number of aryl methyl sites for hydroxylation is 2. The molecule has 3 aromatic rings. The predicted octanol–water partition coefficient (Wildman–Crippen LogP) is 3.16. The first-order valence-electron chi connectivity index (χ1n) is 6.27. The van der Waals surface area contributed by atoms with Gasteiger partial charge in [-0.25, -0.2) is 4.98 Å². The number of hydrogen-bond donors (Lipinski definition) is 1. The van der Waals surface area contributed by atoms with E-state index in [1.165, 1.54) is 0 Å². The lowest BCUT2D eigenvalue weighted by molar-refractivity contribution is 0.0994. The fraction of sp³-hybridized carbons (Fsp3) is 0.133. The van der Waals surface area contributed by atoms with Crippen molar-refractivity contribution in [1.82, 2.24) is 4.98 Å². The van der Waals surface area contributed by atoms with Crippen LogP contribution in [0.15, 0.2) is 33.1 Å². The summed E-state index contributed by atoms with van der Waals surface area (Å²) >= 11 is 0. The standard InChI is InChI=1S/C15H11N3O3/c1-8-14(20-9(2)17-8)15(19)18-13-10-5-3-4-6-11(10)21-12(13)7-16/h3-6H,1-2H3,(H,18,19). The van der Waals surface area contributed by atoms with Crippen LogP contribution in [0, 0.1) is 25.2 Å². The van der Waals surface area contributed by atoms with Crippen LogP contribution in [0.25, 0.3) is 11.0 Å². The number of amides is 1. The number of fused-ring (bicyclic) bond motifs is 1. The first kappa shape index (κ1) is 12.9. The number of anilines is 1. The monoisotopic (exact) mass is 281 g/mol. The van der Waals surface area contributed by atoms with Gasteiger partial charge in [0.15, 0.2) is 5.89 Å². The average Bonchev–Trinajstić information content (AvgIpc) is 2.99. The van der Waals surface area contributed by atoms with E-state index in [4.69, 9.17) is 14.1 Å². The quantitative estimate of drug-likeness (QED) is 0.778. The summed E-state index contributed by atoms with van der Waals surface area (Å²) in [4.78, 5) is 16.3. The highest BCUT2D eigenvalue weighted by Gasteiger charge is 2.21. The lowest BCUT2D eigenvalue weighted by Gasteiger charge is -2.01. The number of nitrogens with one attached hydrogen (secondary N) is 1. The normalized spacial score (nSPS) is 10.5. The van der Waals surface area contributed by atoms with Gasteiger partial charge in [0, 0.05) is 12.3 Å². The molecule has 0 unspecified atom stereocenters. The van der Waals surface area contributed by atoms with Gasteiger partial charge in [-0.1, -0.05) is 12.1 Å². The van der Waals surface area contributed by atoms with E-state index in [9.17, 15) is 4.79 Å². The molecular formula is C15H11N3O3. The van der Waals surface area contributed by atoms with Crippen molar-refractivity contribution < 1.29 is 13.6 Å². The van der Waals surface area contributed by atoms with Gasteiger partial charge in [0.1, 0.15) is 17.3 Å². The van der Waals surface area contributed by atoms with Crippen LogP contribution >= 0.6 is 0 Å². The molecule has 0 atom stereocenters. The Balaban J connectivity index is 2.04. The molecule has 104 valence electrons. The Bertz CT molecular complexity index is 883. The Kier molecular flexibility index (Phi) is 2.95. The van der Waals surface area contributed by atoms with Crippen molar-refractivity contribution in [3.63, 3.8) is 0 Å². The molecule has 6 nitrogen and oxygen atoms in total. The molecule has 0 fully saturated rings. The molecule has 0 bridgehead atoms. The van der Waals surface area contributed by atoms with E-state index in [-0.39, 0.29) is 11.5 Å². The number of carbonyl (C=O) groups is 1. The van der Waals surface area contributed by atoms with Crippen LogP contribution in [0.2, 0.25) is 0 Å². The molecule has 2 heterocycles. The second kappa shape index (κ2) is 4.80. The number of nitriles is 1. The largest absolute Gasteiger partial charge is 0.443 e. The predicted molar refractivity (Wildman–Crippen MR) is 74.9 cm³/mol. The van der Waals surface area contributed by atoms with Crippen molar-refractivity contribution in [3.05, 3.63) is 47.4 Å². The molecule has 0 aliphatic carbocycles. The highest BCUT2D eigenvalue weighted by atomic mass is 16.4. The van der Waals surface area contributed by atoms with E-state index >= 15 is 0 Å². The molecule has 3 rings (SSSR count). The minimum atomic E-state index is -0.462. The van der Waals surface area contributed by atoms with Crippen molar-refractivity contribution in [2.45, 2.75) is 13.8 Å². The van der Waals surface area contributed by atoms with Crippen LogP contribution in [-0.2, 0) is 0 Å². The van der Waals surface area contributed by atoms with E-state index < -0.39 is 5.91 Å². The summed E-state index contributed by atoms with van der Waals surface area (Å²) in [5.74, 6) is 0.131. The Hall–Kier alpha value is -3.07. The van der Waals surface area contributed by atoms with Gasteiger partial charge in [-0.05, 0) is 19.1 Å². The van der Waals surface area contributed by atoms with Gasteiger partial charge in [0.05, 0.1) is 5.69 Å². The number of oxazole rings is 1. The van der Waals surface area contributed by atoms with Gasteiger partial charge < -0.3 is 14.2 Å². The van der Waals surface area contributed by atoms with Crippen LogP contribution < -0.4 is 5.32 Å². The average molecular weight is 281 g/mol. The smallest absolute Gasteiger partial charge is 0.293 e. The summed E-state index contributed by atoms with van der Waals surface area (Å²) in [7, 11) is 0. The third-order valence-electron chi connectivity index (χ3n) is 3.05. The summed E-state index contributed by atoms with van der Waals surface area (Å²) in [6, 6.07) is 9.04.